The van der Waals surface area contributed by atoms with E-state index in [4.69, 9.17) is 0 Å². The highest BCUT2D eigenvalue weighted by Gasteiger charge is 2.21. The van der Waals surface area contributed by atoms with Gasteiger partial charge in [0.1, 0.15) is 0 Å². The van der Waals surface area contributed by atoms with Crippen LogP contribution in [0.25, 0.3) is 0 Å². The average Bonchev–Trinajstić information content (AvgIpc) is 2.19. The van der Waals surface area contributed by atoms with Crippen molar-refractivity contribution in [3.63, 3.8) is 0 Å². The molecule has 0 aromatic heterocycles. The van der Waals surface area contributed by atoms with Gasteiger partial charge in [0.15, 0.2) is 0 Å². The zero-order valence-corrected chi connectivity index (χ0v) is 11.4. The summed E-state index contributed by atoms with van der Waals surface area (Å²) in [5, 5.41) is 12.5. The third kappa shape index (κ3) is 6.06. The number of amides is 1. The van der Waals surface area contributed by atoms with Gasteiger partial charge in [-0.1, -0.05) is 20.8 Å². The molecule has 1 saturated carbocycles. The van der Waals surface area contributed by atoms with E-state index in [1.54, 1.807) is 0 Å². The molecule has 1 rings (SSSR count). The zero-order chi connectivity index (χ0) is 12.8. The Morgan fingerprint density at radius 2 is 1.82 bits per heavy atom. The second kappa shape index (κ2) is 7.00. The van der Waals surface area contributed by atoms with Gasteiger partial charge in [-0.05, 0) is 43.9 Å². The number of rotatable bonds is 5. The van der Waals surface area contributed by atoms with E-state index in [2.05, 4.69) is 26.1 Å². The minimum atomic E-state index is -0.150. The molecule has 0 aromatic carbocycles. The molecule has 100 valence electrons. The smallest absolute Gasteiger partial charge is 0.220 e. The molecule has 0 spiro atoms. The Kier molecular flexibility index (Phi) is 5.96. The lowest BCUT2D eigenvalue weighted by Crippen LogP contribution is -2.39. The summed E-state index contributed by atoms with van der Waals surface area (Å²) in [6.45, 7) is 6.53. The first-order chi connectivity index (χ1) is 7.97. The van der Waals surface area contributed by atoms with Crippen molar-refractivity contribution in [3.8, 4) is 0 Å². The highest BCUT2D eigenvalue weighted by Crippen LogP contribution is 2.19. The molecule has 1 fully saturated rings. The summed E-state index contributed by atoms with van der Waals surface area (Å²) >= 11 is 0. The number of aliphatic hydroxyl groups excluding tert-OH is 1. The normalized spacial score (nSPS) is 26.9. The Morgan fingerprint density at radius 3 is 2.35 bits per heavy atom. The fraction of sp³-hybridized carbons (Fsp3) is 0.929. The van der Waals surface area contributed by atoms with Crippen LogP contribution in [0.3, 0.4) is 0 Å². The minimum absolute atomic E-state index is 0.150. The quantitative estimate of drug-likeness (QED) is 0.777. The molecule has 0 heterocycles. The second-order valence-electron chi connectivity index (χ2n) is 6.01. The lowest BCUT2D eigenvalue weighted by atomic mass is 9.92. The van der Waals surface area contributed by atoms with Gasteiger partial charge in [0.2, 0.25) is 5.91 Å². The Bertz CT molecular complexity index is 232. The standard InChI is InChI=1S/C14H27NO2/c1-10(2)8-11(3)9-14(17)15-12-4-6-13(16)7-5-12/h10-13,16H,4-9H2,1-3H3,(H,15,17). The molecule has 1 aliphatic rings. The molecule has 1 aliphatic carbocycles. The lowest BCUT2D eigenvalue weighted by Gasteiger charge is -2.26. The van der Waals surface area contributed by atoms with Gasteiger partial charge in [-0.25, -0.2) is 0 Å². The Morgan fingerprint density at radius 1 is 1.24 bits per heavy atom. The van der Waals surface area contributed by atoms with Crippen molar-refractivity contribution >= 4 is 5.91 Å². The van der Waals surface area contributed by atoms with Gasteiger partial charge in [0.25, 0.3) is 0 Å². The summed E-state index contributed by atoms with van der Waals surface area (Å²) in [4.78, 5) is 11.8. The number of carbonyl (C=O) groups is 1. The summed E-state index contributed by atoms with van der Waals surface area (Å²) < 4.78 is 0. The fourth-order valence-corrected chi connectivity index (χ4v) is 2.71. The van der Waals surface area contributed by atoms with Gasteiger partial charge in [0.05, 0.1) is 6.10 Å². The van der Waals surface area contributed by atoms with Gasteiger partial charge >= 0.3 is 0 Å². The van der Waals surface area contributed by atoms with Crippen LogP contribution >= 0.6 is 0 Å². The largest absolute Gasteiger partial charge is 0.393 e. The van der Waals surface area contributed by atoms with Crippen LogP contribution in [-0.4, -0.2) is 23.2 Å². The van der Waals surface area contributed by atoms with Crippen LogP contribution < -0.4 is 5.32 Å². The summed E-state index contributed by atoms with van der Waals surface area (Å²) in [7, 11) is 0. The summed E-state index contributed by atoms with van der Waals surface area (Å²) in [6.07, 6.45) is 5.09. The van der Waals surface area contributed by atoms with Gasteiger partial charge in [0, 0.05) is 12.5 Å². The third-order valence-corrected chi connectivity index (χ3v) is 3.47. The van der Waals surface area contributed by atoms with Crippen molar-refractivity contribution in [3.05, 3.63) is 0 Å². The van der Waals surface area contributed by atoms with E-state index in [0.29, 0.717) is 18.3 Å². The molecule has 1 amide bonds. The Hall–Kier alpha value is -0.570. The third-order valence-electron chi connectivity index (χ3n) is 3.47. The predicted octanol–water partition coefficient (Wildman–Crippen LogP) is 2.48. The van der Waals surface area contributed by atoms with Crippen LogP contribution in [0.2, 0.25) is 0 Å². The maximum absolute atomic E-state index is 11.8. The molecule has 1 atom stereocenters. The van der Waals surface area contributed by atoms with E-state index in [0.717, 1.165) is 32.1 Å². The first-order valence-electron chi connectivity index (χ1n) is 6.94. The highest BCUT2D eigenvalue weighted by atomic mass is 16.3. The van der Waals surface area contributed by atoms with Crippen molar-refractivity contribution in [2.45, 2.75) is 71.4 Å². The van der Waals surface area contributed by atoms with Crippen LogP contribution in [-0.2, 0) is 4.79 Å². The molecule has 3 heteroatoms. The SMILES string of the molecule is CC(C)CC(C)CC(=O)NC1CCC(O)CC1. The molecule has 0 aromatic rings. The maximum atomic E-state index is 11.8. The van der Waals surface area contributed by atoms with E-state index in [-0.39, 0.29) is 18.1 Å². The van der Waals surface area contributed by atoms with Crippen LogP contribution in [0, 0.1) is 11.8 Å². The summed E-state index contributed by atoms with van der Waals surface area (Å²) in [5.74, 6) is 1.30. The Labute approximate surface area is 105 Å². The van der Waals surface area contributed by atoms with Crippen LogP contribution in [0.5, 0.6) is 0 Å². The highest BCUT2D eigenvalue weighted by molar-refractivity contribution is 5.76. The van der Waals surface area contributed by atoms with E-state index in [9.17, 15) is 9.90 Å². The van der Waals surface area contributed by atoms with Crippen molar-refractivity contribution in [2.24, 2.45) is 11.8 Å². The molecule has 0 radical (unpaired) electrons. The van der Waals surface area contributed by atoms with Gasteiger partial charge in [-0.2, -0.15) is 0 Å². The summed E-state index contributed by atoms with van der Waals surface area (Å²) in [6, 6.07) is 0.289. The van der Waals surface area contributed by atoms with Gasteiger partial charge in [-0.3, -0.25) is 4.79 Å². The van der Waals surface area contributed by atoms with E-state index < -0.39 is 0 Å². The van der Waals surface area contributed by atoms with E-state index >= 15 is 0 Å². The van der Waals surface area contributed by atoms with Crippen LogP contribution in [0.4, 0.5) is 0 Å². The monoisotopic (exact) mass is 241 g/mol. The van der Waals surface area contributed by atoms with Crippen LogP contribution in [0.15, 0.2) is 0 Å². The van der Waals surface area contributed by atoms with Crippen LogP contribution in [0.1, 0.15) is 59.3 Å². The topological polar surface area (TPSA) is 49.3 Å². The first kappa shape index (κ1) is 14.5. The van der Waals surface area contributed by atoms with Crippen molar-refractivity contribution < 1.29 is 9.90 Å². The van der Waals surface area contributed by atoms with E-state index in [1.807, 2.05) is 0 Å². The van der Waals surface area contributed by atoms with Crippen molar-refractivity contribution in [2.75, 3.05) is 0 Å². The molecule has 2 N–H and O–H groups in total. The van der Waals surface area contributed by atoms with Crippen molar-refractivity contribution in [1.29, 1.82) is 0 Å². The lowest BCUT2D eigenvalue weighted by molar-refractivity contribution is -0.123. The van der Waals surface area contributed by atoms with Gasteiger partial charge in [-0.15, -0.1) is 0 Å². The van der Waals surface area contributed by atoms with Gasteiger partial charge < -0.3 is 10.4 Å². The summed E-state index contributed by atoms with van der Waals surface area (Å²) in [5.41, 5.74) is 0. The number of hydrogen-bond donors (Lipinski definition) is 2. The van der Waals surface area contributed by atoms with Crippen molar-refractivity contribution in [1.82, 2.24) is 5.32 Å². The molecular weight excluding hydrogens is 214 g/mol. The maximum Gasteiger partial charge on any atom is 0.220 e. The number of hydrogen-bond acceptors (Lipinski definition) is 2. The molecule has 0 aliphatic heterocycles. The molecule has 1 unspecified atom stereocenters. The molecular formula is C14H27NO2. The molecule has 17 heavy (non-hydrogen) atoms. The molecule has 0 saturated heterocycles. The fourth-order valence-electron chi connectivity index (χ4n) is 2.71. The predicted molar refractivity (Wildman–Crippen MR) is 69.6 cm³/mol. The molecule has 0 bridgehead atoms. The Balaban J connectivity index is 2.20. The zero-order valence-electron chi connectivity index (χ0n) is 11.4. The minimum Gasteiger partial charge on any atom is -0.393 e. The second-order valence-corrected chi connectivity index (χ2v) is 6.01. The first-order valence-corrected chi connectivity index (χ1v) is 6.94. The average molecular weight is 241 g/mol. The van der Waals surface area contributed by atoms with E-state index in [1.165, 1.54) is 0 Å². The number of aliphatic hydroxyl groups is 1. The number of carbonyl (C=O) groups excluding carboxylic acids is 1. The number of nitrogens with one attached hydrogen (secondary N) is 1. The molecule has 3 nitrogen and oxygen atoms in total.